The molecule has 0 radical (unpaired) electrons. The molecule has 0 aliphatic carbocycles. The SMILES string of the molecule is Cc1ccc(NC(=O)C(C)NC(C)c2nncn2C)cc1. The smallest absolute Gasteiger partial charge is 0.241 e. The van der Waals surface area contributed by atoms with Crippen molar-refractivity contribution >= 4 is 11.6 Å². The number of anilines is 1. The maximum absolute atomic E-state index is 12.2. The number of nitrogens with one attached hydrogen (secondary N) is 2. The molecule has 0 aliphatic heterocycles. The van der Waals surface area contributed by atoms with Gasteiger partial charge in [0.05, 0.1) is 12.1 Å². The number of aryl methyl sites for hydroxylation is 2. The summed E-state index contributed by atoms with van der Waals surface area (Å²) in [5, 5.41) is 14.0. The van der Waals surface area contributed by atoms with Crippen LogP contribution in [0.1, 0.15) is 31.3 Å². The second-order valence-corrected chi connectivity index (χ2v) is 5.27. The van der Waals surface area contributed by atoms with Crippen LogP contribution < -0.4 is 10.6 Å². The van der Waals surface area contributed by atoms with Gasteiger partial charge in [0.2, 0.25) is 5.91 Å². The highest BCUT2D eigenvalue weighted by Gasteiger charge is 2.18. The van der Waals surface area contributed by atoms with Gasteiger partial charge >= 0.3 is 0 Å². The first-order valence-corrected chi connectivity index (χ1v) is 6.95. The van der Waals surface area contributed by atoms with E-state index < -0.39 is 0 Å². The molecule has 0 saturated carbocycles. The van der Waals surface area contributed by atoms with E-state index in [0.29, 0.717) is 0 Å². The van der Waals surface area contributed by atoms with Crippen molar-refractivity contribution < 1.29 is 4.79 Å². The average Bonchev–Trinajstić information content (AvgIpc) is 2.87. The zero-order valence-electron chi connectivity index (χ0n) is 12.8. The minimum atomic E-state index is -0.335. The van der Waals surface area contributed by atoms with Gasteiger partial charge < -0.3 is 9.88 Å². The molecule has 2 rings (SSSR count). The van der Waals surface area contributed by atoms with Crippen LogP contribution in [0.15, 0.2) is 30.6 Å². The molecule has 0 bridgehead atoms. The number of hydrogen-bond acceptors (Lipinski definition) is 4. The largest absolute Gasteiger partial charge is 0.325 e. The molecule has 112 valence electrons. The summed E-state index contributed by atoms with van der Waals surface area (Å²) in [6.07, 6.45) is 1.64. The third-order valence-electron chi connectivity index (χ3n) is 3.35. The van der Waals surface area contributed by atoms with Gasteiger partial charge in [-0.05, 0) is 32.9 Å². The predicted octanol–water partition coefficient (Wildman–Crippen LogP) is 1.80. The first kappa shape index (κ1) is 15.2. The molecule has 0 fully saturated rings. The molecule has 2 unspecified atom stereocenters. The molecule has 0 saturated heterocycles. The summed E-state index contributed by atoms with van der Waals surface area (Å²) in [4.78, 5) is 12.2. The fourth-order valence-electron chi connectivity index (χ4n) is 2.10. The topological polar surface area (TPSA) is 71.8 Å². The Morgan fingerprint density at radius 3 is 2.48 bits per heavy atom. The number of rotatable bonds is 5. The van der Waals surface area contributed by atoms with Crippen LogP contribution in [0.5, 0.6) is 0 Å². The van der Waals surface area contributed by atoms with Crippen LogP contribution in [0.4, 0.5) is 5.69 Å². The fraction of sp³-hybridized carbons (Fsp3) is 0.400. The van der Waals surface area contributed by atoms with Crippen molar-refractivity contribution in [3.63, 3.8) is 0 Å². The van der Waals surface area contributed by atoms with Crippen LogP contribution >= 0.6 is 0 Å². The summed E-state index contributed by atoms with van der Waals surface area (Å²) in [6.45, 7) is 5.80. The minimum absolute atomic E-state index is 0.0590. The van der Waals surface area contributed by atoms with Gasteiger partial charge in [-0.15, -0.1) is 10.2 Å². The van der Waals surface area contributed by atoms with Crippen molar-refractivity contribution in [3.8, 4) is 0 Å². The van der Waals surface area contributed by atoms with Crippen molar-refractivity contribution in [1.82, 2.24) is 20.1 Å². The highest BCUT2D eigenvalue weighted by atomic mass is 16.2. The van der Waals surface area contributed by atoms with Crippen LogP contribution in [-0.2, 0) is 11.8 Å². The second-order valence-electron chi connectivity index (χ2n) is 5.27. The normalized spacial score (nSPS) is 13.7. The van der Waals surface area contributed by atoms with Crippen LogP contribution in [0.2, 0.25) is 0 Å². The Morgan fingerprint density at radius 2 is 1.90 bits per heavy atom. The molecular weight excluding hydrogens is 266 g/mol. The number of carbonyl (C=O) groups excluding carboxylic acids is 1. The molecule has 2 atom stereocenters. The summed E-state index contributed by atoms with van der Waals surface area (Å²) in [5.41, 5.74) is 1.96. The quantitative estimate of drug-likeness (QED) is 0.879. The van der Waals surface area contributed by atoms with Crippen LogP contribution in [-0.4, -0.2) is 26.7 Å². The van der Waals surface area contributed by atoms with Gasteiger partial charge in [-0.25, -0.2) is 0 Å². The standard InChI is InChI=1S/C15H21N5O/c1-10-5-7-13(8-6-10)18-15(21)12(3)17-11(2)14-19-16-9-20(14)4/h5-9,11-12,17H,1-4H3,(H,18,21). The van der Waals surface area contributed by atoms with Gasteiger partial charge in [0.15, 0.2) is 0 Å². The monoisotopic (exact) mass is 287 g/mol. The Balaban J connectivity index is 1.93. The van der Waals surface area contributed by atoms with Gasteiger partial charge in [0, 0.05) is 12.7 Å². The molecule has 6 heteroatoms. The van der Waals surface area contributed by atoms with Gasteiger partial charge in [-0.1, -0.05) is 17.7 Å². The molecule has 1 amide bonds. The summed E-state index contributed by atoms with van der Waals surface area (Å²) in [5.74, 6) is 0.720. The Labute approximate surface area is 124 Å². The Hall–Kier alpha value is -2.21. The van der Waals surface area contributed by atoms with Crippen molar-refractivity contribution in [1.29, 1.82) is 0 Å². The van der Waals surface area contributed by atoms with Gasteiger partial charge in [0.25, 0.3) is 0 Å². The molecule has 2 N–H and O–H groups in total. The summed E-state index contributed by atoms with van der Waals surface area (Å²) in [7, 11) is 1.88. The molecule has 21 heavy (non-hydrogen) atoms. The van der Waals surface area contributed by atoms with E-state index in [0.717, 1.165) is 17.1 Å². The molecule has 2 aromatic rings. The molecule has 6 nitrogen and oxygen atoms in total. The lowest BCUT2D eigenvalue weighted by atomic mass is 10.2. The number of hydrogen-bond donors (Lipinski definition) is 2. The summed E-state index contributed by atoms with van der Waals surface area (Å²) < 4.78 is 1.84. The third-order valence-corrected chi connectivity index (χ3v) is 3.35. The van der Waals surface area contributed by atoms with E-state index in [4.69, 9.17) is 0 Å². The molecule has 0 spiro atoms. The van der Waals surface area contributed by atoms with Gasteiger partial charge in [0.1, 0.15) is 12.2 Å². The lowest BCUT2D eigenvalue weighted by molar-refractivity contribution is -0.118. The van der Waals surface area contributed by atoms with E-state index in [1.54, 1.807) is 6.33 Å². The maximum Gasteiger partial charge on any atom is 0.241 e. The van der Waals surface area contributed by atoms with Gasteiger partial charge in [-0.2, -0.15) is 0 Å². The molecule has 0 aliphatic rings. The van der Waals surface area contributed by atoms with E-state index >= 15 is 0 Å². The highest BCUT2D eigenvalue weighted by Crippen LogP contribution is 2.11. The van der Waals surface area contributed by atoms with Crippen molar-refractivity contribution in [3.05, 3.63) is 42.0 Å². The Bertz CT molecular complexity index is 605. The molecule has 1 aromatic carbocycles. The van der Waals surface area contributed by atoms with E-state index in [9.17, 15) is 4.79 Å². The Morgan fingerprint density at radius 1 is 1.24 bits per heavy atom. The molecule has 1 aromatic heterocycles. The second kappa shape index (κ2) is 6.49. The third kappa shape index (κ3) is 3.88. The van der Waals surface area contributed by atoms with Crippen molar-refractivity contribution in [2.75, 3.05) is 5.32 Å². The van der Waals surface area contributed by atoms with E-state index in [-0.39, 0.29) is 18.0 Å². The summed E-state index contributed by atoms with van der Waals surface area (Å²) >= 11 is 0. The van der Waals surface area contributed by atoms with Crippen LogP contribution in [0, 0.1) is 6.92 Å². The van der Waals surface area contributed by atoms with E-state index in [2.05, 4.69) is 20.8 Å². The zero-order valence-corrected chi connectivity index (χ0v) is 12.8. The highest BCUT2D eigenvalue weighted by molar-refractivity contribution is 5.94. The van der Waals surface area contributed by atoms with E-state index in [1.807, 2.05) is 56.7 Å². The van der Waals surface area contributed by atoms with Crippen molar-refractivity contribution in [2.45, 2.75) is 32.9 Å². The van der Waals surface area contributed by atoms with E-state index in [1.165, 1.54) is 0 Å². The number of benzene rings is 1. The Kier molecular flexibility index (Phi) is 4.70. The molecule has 1 heterocycles. The van der Waals surface area contributed by atoms with Crippen LogP contribution in [0.3, 0.4) is 0 Å². The number of nitrogens with zero attached hydrogens (tertiary/aromatic N) is 3. The fourth-order valence-corrected chi connectivity index (χ4v) is 2.10. The zero-order chi connectivity index (χ0) is 15.4. The van der Waals surface area contributed by atoms with Crippen LogP contribution in [0.25, 0.3) is 0 Å². The first-order chi connectivity index (χ1) is 9.97. The summed E-state index contributed by atoms with van der Waals surface area (Å²) in [6, 6.07) is 7.33. The number of carbonyl (C=O) groups is 1. The maximum atomic E-state index is 12.2. The average molecular weight is 287 g/mol. The lowest BCUT2D eigenvalue weighted by Gasteiger charge is -2.19. The minimum Gasteiger partial charge on any atom is -0.325 e. The number of amides is 1. The first-order valence-electron chi connectivity index (χ1n) is 6.95. The predicted molar refractivity (Wildman–Crippen MR) is 81.8 cm³/mol. The van der Waals surface area contributed by atoms with Gasteiger partial charge in [-0.3, -0.25) is 10.1 Å². The molecular formula is C15H21N5O. The lowest BCUT2D eigenvalue weighted by Crippen LogP contribution is -2.40. The number of aromatic nitrogens is 3. The van der Waals surface area contributed by atoms with Crippen molar-refractivity contribution in [2.24, 2.45) is 7.05 Å².